The van der Waals surface area contributed by atoms with Crippen LogP contribution >= 0.6 is 0 Å². The molecule has 10 rings (SSSR count). The average molecular weight is 894 g/mol. The lowest BCUT2D eigenvalue weighted by Gasteiger charge is -2.46. The Morgan fingerprint density at radius 1 is 0.821 bits per heavy atom. The SMILES string of the molecule is CN(CC#Cc1ccc2c(c1)[C@]1(C(=O)N2)[C@H](C(=O)N2CCN(c3ncccn3)CC2)[C@H]2C(=O)O[C@H](c3ccccc3)[C@H](c3ccccc3)N2[C@@H]1c1ccc(OCCO)cc1)Cc1ccccc1. The van der Waals surface area contributed by atoms with Gasteiger partial charge in [-0.3, -0.25) is 24.2 Å². The zero-order valence-corrected chi connectivity index (χ0v) is 37.1. The average Bonchev–Trinajstić information content (AvgIpc) is 3.85. The van der Waals surface area contributed by atoms with Gasteiger partial charge in [-0.25, -0.2) is 9.97 Å². The molecule has 6 aromatic rings. The van der Waals surface area contributed by atoms with Crippen molar-refractivity contribution in [2.24, 2.45) is 5.92 Å². The van der Waals surface area contributed by atoms with Crippen LogP contribution in [0.3, 0.4) is 0 Å². The van der Waals surface area contributed by atoms with Gasteiger partial charge in [0.15, 0.2) is 0 Å². The number of aliphatic hydroxyl groups is 1. The van der Waals surface area contributed by atoms with Crippen molar-refractivity contribution in [2.75, 3.05) is 63.2 Å². The minimum absolute atomic E-state index is 0.101. The molecule has 5 heterocycles. The molecule has 67 heavy (non-hydrogen) atoms. The van der Waals surface area contributed by atoms with E-state index in [1.807, 2.05) is 133 Å². The number of nitrogens with one attached hydrogen (secondary N) is 1. The summed E-state index contributed by atoms with van der Waals surface area (Å²) in [6.45, 7) is 2.70. The Hall–Kier alpha value is -7.37. The van der Waals surface area contributed by atoms with Crippen LogP contribution in [-0.2, 0) is 31.1 Å². The lowest BCUT2D eigenvalue weighted by Crippen LogP contribution is -2.58. The highest BCUT2D eigenvalue weighted by molar-refractivity contribution is 6.12. The van der Waals surface area contributed by atoms with E-state index in [9.17, 15) is 5.11 Å². The summed E-state index contributed by atoms with van der Waals surface area (Å²) >= 11 is 0. The van der Waals surface area contributed by atoms with Crippen molar-refractivity contribution in [3.63, 3.8) is 0 Å². The van der Waals surface area contributed by atoms with E-state index >= 15 is 14.4 Å². The summed E-state index contributed by atoms with van der Waals surface area (Å²) in [6, 6.07) is 41.9. The molecule has 338 valence electrons. The number of carbonyl (C=O) groups is 3. The maximum absolute atomic E-state index is 16.0. The Morgan fingerprint density at radius 2 is 1.49 bits per heavy atom. The Balaban J connectivity index is 1.14. The zero-order valence-electron chi connectivity index (χ0n) is 37.1. The summed E-state index contributed by atoms with van der Waals surface area (Å²) in [5.41, 5.74) is 3.68. The summed E-state index contributed by atoms with van der Waals surface area (Å²) < 4.78 is 12.5. The summed E-state index contributed by atoms with van der Waals surface area (Å²) in [5, 5.41) is 12.8. The van der Waals surface area contributed by atoms with Crippen LogP contribution in [-0.4, -0.2) is 107 Å². The van der Waals surface area contributed by atoms with Crippen molar-refractivity contribution >= 4 is 29.4 Å². The second-order valence-electron chi connectivity index (χ2n) is 17.4. The van der Waals surface area contributed by atoms with E-state index in [1.165, 1.54) is 5.56 Å². The molecule has 2 N–H and O–H groups in total. The van der Waals surface area contributed by atoms with E-state index in [4.69, 9.17) is 9.47 Å². The Labute approximate surface area is 390 Å². The molecule has 4 aliphatic heterocycles. The Bertz CT molecular complexity index is 2780. The van der Waals surface area contributed by atoms with E-state index in [-0.39, 0.29) is 25.0 Å². The fraction of sp³-hybridized carbons (Fsp3) is 0.278. The molecule has 0 radical (unpaired) electrons. The van der Waals surface area contributed by atoms with Crippen LogP contribution in [0.1, 0.15) is 51.6 Å². The van der Waals surface area contributed by atoms with Crippen LogP contribution in [0.4, 0.5) is 11.6 Å². The highest BCUT2D eigenvalue weighted by atomic mass is 16.6. The number of esters is 1. The number of anilines is 2. The minimum Gasteiger partial charge on any atom is -0.491 e. The molecule has 3 saturated heterocycles. The third-order valence-electron chi connectivity index (χ3n) is 13.4. The van der Waals surface area contributed by atoms with Gasteiger partial charge < -0.3 is 29.7 Å². The predicted octanol–water partition coefficient (Wildman–Crippen LogP) is 5.95. The van der Waals surface area contributed by atoms with E-state index < -0.39 is 41.5 Å². The van der Waals surface area contributed by atoms with Gasteiger partial charge in [0, 0.05) is 56.4 Å². The Kier molecular flexibility index (Phi) is 12.2. The van der Waals surface area contributed by atoms with Gasteiger partial charge in [0.05, 0.1) is 31.2 Å². The maximum Gasteiger partial charge on any atom is 0.324 e. The van der Waals surface area contributed by atoms with Gasteiger partial charge >= 0.3 is 5.97 Å². The van der Waals surface area contributed by atoms with Gasteiger partial charge in [0.25, 0.3) is 0 Å². The number of fused-ring (bicyclic) bond motifs is 3. The number of aromatic nitrogens is 2. The monoisotopic (exact) mass is 893 g/mol. The highest BCUT2D eigenvalue weighted by Crippen LogP contribution is 2.65. The molecule has 3 fully saturated rings. The number of benzene rings is 5. The molecule has 0 aliphatic carbocycles. The lowest BCUT2D eigenvalue weighted by atomic mass is 9.65. The molecular weight excluding hydrogens is 843 g/mol. The number of cyclic esters (lactones) is 1. The predicted molar refractivity (Wildman–Crippen MR) is 253 cm³/mol. The fourth-order valence-electron chi connectivity index (χ4n) is 10.6. The topological polar surface area (TPSA) is 141 Å². The first kappa shape index (κ1) is 43.5. The number of aliphatic hydroxyl groups excluding tert-OH is 1. The van der Waals surface area contributed by atoms with Gasteiger partial charge in [-0.2, -0.15) is 0 Å². The molecule has 5 aromatic carbocycles. The summed E-state index contributed by atoms with van der Waals surface area (Å²) in [4.78, 5) is 64.0. The largest absolute Gasteiger partial charge is 0.491 e. The molecule has 1 spiro atoms. The molecule has 4 aliphatic rings. The number of amides is 2. The van der Waals surface area contributed by atoms with Crippen LogP contribution in [0.25, 0.3) is 0 Å². The van der Waals surface area contributed by atoms with Gasteiger partial charge in [-0.05, 0) is 71.3 Å². The number of ether oxygens (including phenoxy) is 2. The number of morpholine rings is 1. The highest BCUT2D eigenvalue weighted by Gasteiger charge is 2.74. The standard InChI is InChI=1S/C54H51N7O6/c1-58(36-38-13-5-2-6-14-38)28-11-15-37-20-25-44-43(35-37)54(52(65)57-44)45(50(63)59-29-31-60(32-30-59)53-55-26-12-27-56-53)47-51(64)67-48(40-18-9-4-10-19-40)46(39-16-7-3-8-17-39)61(47)49(54)41-21-23-42(24-22-41)66-34-33-62/h2-10,12-14,16-27,35,45-49,62H,28-34,36H2,1H3,(H,57,65)/t45-,46-,47-,48+,49+,54-/m0/s1. The number of rotatable bonds is 11. The number of carbonyl (C=O) groups excluding carboxylic acids is 3. The van der Waals surface area contributed by atoms with Crippen molar-refractivity contribution in [2.45, 2.75) is 36.2 Å². The van der Waals surface area contributed by atoms with Gasteiger partial charge in [0.1, 0.15) is 29.9 Å². The summed E-state index contributed by atoms with van der Waals surface area (Å²) in [7, 11) is 2.02. The molecule has 2 amide bonds. The normalized spacial score (nSPS) is 23.2. The fourth-order valence-corrected chi connectivity index (χ4v) is 10.6. The number of piperazine rings is 1. The first-order valence-electron chi connectivity index (χ1n) is 22.7. The van der Waals surface area contributed by atoms with Gasteiger partial charge in [-0.1, -0.05) is 115 Å². The summed E-state index contributed by atoms with van der Waals surface area (Å²) in [5.74, 6) is 5.29. The first-order valence-corrected chi connectivity index (χ1v) is 22.7. The van der Waals surface area contributed by atoms with E-state index in [0.717, 1.165) is 17.7 Å². The van der Waals surface area contributed by atoms with E-state index in [0.29, 0.717) is 66.8 Å². The van der Waals surface area contributed by atoms with E-state index in [1.54, 1.807) is 23.4 Å². The number of hydrogen-bond donors (Lipinski definition) is 2. The first-order chi connectivity index (χ1) is 32.8. The van der Waals surface area contributed by atoms with Crippen molar-refractivity contribution in [3.05, 3.63) is 185 Å². The minimum atomic E-state index is -1.66. The molecule has 1 aromatic heterocycles. The quantitative estimate of drug-likeness (QED) is 0.118. The second kappa shape index (κ2) is 18.9. The van der Waals surface area contributed by atoms with Crippen LogP contribution < -0.4 is 15.0 Å². The third-order valence-corrected chi connectivity index (χ3v) is 13.4. The van der Waals surface area contributed by atoms with Crippen LogP contribution in [0.15, 0.2) is 152 Å². The molecule has 0 saturated carbocycles. The molecule has 0 bridgehead atoms. The number of hydrogen-bond acceptors (Lipinski definition) is 11. The van der Waals surface area contributed by atoms with E-state index in [2.05, 4.69) is 49.1 Å². The Morgan fingerprint density at radius 3 is 2.18 bits per heavy atom. The van der Waals surface area contributed by atoms with Crippen molar-refractivity contribution in [1.82, 2.24) is 24.7 Å². The maximum atomic E-state index is 16.0. The third kappa shape index (κ3) is 8.18. The lowest BCUT2D eigenvalue weighted by molar-refractivity contribution is -0.179. The molecule has 6 atom stereocenters. The van der Waals surface area contributed by atoms with Crippen LogP contribution in [0, 0.1) is 17.8 Å². The van der Waals surface area contributed by atoms with Crippen LogP contribution in [0.2, 0.25) is 0 Å². The van der Waals surface area contributed by atoms with Gasteiger partial charge in [-0.15, -0.1) is 0 Å². The molecule has 13 heteroatoms. The van der Waals surface area contributed by atoms with Crippen molar-refractivity contribution < 1.29 is 29.0 Å². The smallest absolute Gasteiger partial charge is 0.324 e. The summed E-state index contributed by atoms with van der Waals surface area (Å²) in [6.07, 6.45) is 2.59. The molecule has 13 nitrogen and oxygen atoms in total. The van der Waals surface area contributed by atoms with Crippen molar-refractivity contribution in [1.29, 1.82) is 0 Å². The zero-order chi connectivity index (χ0) is 45.9. The molecule has 0 unspecified atom stereocenters. The van der Waals surface area contributed by atoms with Crippen LogP contribution in [0.5, 0.6) is 5.75 Å². The molecular formula is C54H51N7O6. The number of nitrogens with zero attached hydrogens (tertiary/aromatic N) is 6. The second-order valence-corrected chi connectivity index (χ2v) is 17.4. The van der Waals surface area contributed by atoms with Gasteiger partial charge in [0.2, 0.25) is 17.8 Å². The van der Waals surface area contributed by atoms with Crippen molar-refractivity contribution in [3.8, 4) is 17.6 Å².